The molecule has 0 aliphatic carbocycles. The second kappa shape index (κ2) is 36.3. The molecule has 0 aromatic rings. The third-order valence-electron chi connectivity index (χ3n) is 11.0. The maximum atomic E-state index is 12.7. The Morgan fingerprint density at radius 3 is 1.21 bits per heavy atom. The average molecular weight is 801 g/mol. The third kappa shape index (κ3) is 27.8. The minimum Gasteiger partial charge on any atom is -0.479 e. The summed E-state index contributed by atoms with van der Waals surface area (Å²) in [6, 6.07) is 0. The predicted molar refractivity (Wildman–Crippen MR) is 220 cm³/mol. The molecule has 0 bridgehead atoms. The van der Waals surface area contributed by atoms with Gasteiger partial charge < -0.3 is 39.4 Å². The molecule has 1 fully saturated rings. The number of rotatable bonds is 39. The van der Waals surface area contributed by atoms with Gasteiger partial charge >= 0.3 is 17.9 Å². The smallest absolute Gasteiger partial charge is 0.335 e. The van der Waals surface area contributed by atoms with Crippen molar-refractivity contribution in [1.29, 1.82) is 0 Å². The molecule has 0 aromatic heterocycles. The lowest BCUT2D eigenvalue weighted by Crippen LogP contribution is -2.60. The molecule has 11 nitrogen and oxygen atoms in total. The zero-order valence-corrected chi connectivity index (χ0v) is 35.7. The molecule has 0 radical (unpaired) electrons. The van der Waals surface area contributed by atoms with Gasteiger partial charge in [0.15, 0.2) is 18.5 Å². The van der Waals surface area contributed by atoms with Crippen molar-refractivity contribution in [2.75, 3.05) is 13.2 Å². The Morgan fingerprint density at radius 1 is 0.482 bits per heavy atom. The van der Waals surface area contributed by atoms with Crippen LogP contribution in [0.1, 0.15) is 219 Å². The van der Waals surface area contributed by atoms with Gasteiger partial charge in [-0.25, -0.2) is 4.79 Å². The number of hydrogen-bond acceptors (Lipinski definition) is 10. The lowest BCUT2D eigenvalue weighted by molar-refractivity contribution is -0.298. The van der Waals surface area contributed by atoms with Gasteiger partial charge in [-0.3, -0.25) is 9.59 Å². The molecule has 56 heavy (non-hydrogen) atoms. The molecule has 1 heterocycles. The highest BCUT2D eigenvalue weighted by Gasteiger charge is 2.47. The molecule has 11 heteroatoms. The van der Waals surface area contributed by atoms with Crippen LogP contribution in [0.25, 0.3) is 0 Å². The first kappa shape index (κ1) is 52.2. The average Bonchev–Trinajstić information content (AvgIpc) is 3.18. The molecule has 330 valence electrons. The largest absolute Gasteiger partial charge is 0.479 e. The van der Waals surface area contributed by atoms with Gasteiger partial charge in [0, 0.05) is 12.8 Å². The molecule has 0 spiro atoms. The third-order valence-corrected chi connectivity index (χ3v) is 11.0. The van der Waals surface area contributed by atoms with Gasteiger partial charge in [0.2, 0.25) is 0 Å². The molecule has 0 aromatic carbocycles. The van der Waals surface area contributed by atoms with Gasteiger partial charge in [-0.05, 0) is 12.8 Å². The molecule has 1 aliphatic heterocycles. The summed E-state index contributed by atoms with van der Waals surface area (Å²) in [6.07, 6.45) is 27.2. The van der Waals surface area contributed by atoms with Crippen molar-refractivity contribution < 1.29 is 53.8 Å². The number of carbonyl (C=O) groups excluding carboxylic acids is 2. The number of hydrogen-bond donors (Lipinski definition) is 4. The van der Waals surface area contributed by atoms with Crippen LogP contribution in [0.15, 0.2) is 0 Å². The van der Waals surface area contributed by atoms with Crippen molar-refractivity contribution in [3.63, 3.8) is 0 Å². The summed E-state index contributed by atoms with van der Waals surface area (Å²) in [5.74, 6) is -2.42. The molecule has 1 aliphatic rings. The number of ether oxygens (including phenoxy) is 4. The van der Waals surface area contributed by atoms with Crippen LogP contribution in [0.3, 0.4) is 0 Å². The van der Waals surface area contributed by atoms with Crippen LogP contribution >= 0.6 is 0 Å². The van der Waals surface area contributed by atoms with Crippen molar-refractivity contribution in [3.8, 4) is 0 Å². The summed E-state index contributed by atoms with van der Waals surface area (Å²) in [4.78, 5) is 36.8. The maximum Gasteiger partial charge on any atom is 0.335 e. The molecule has 6 unspecified atom stereocenters. The lowest BCUT2D eigenvalue weighted by Gasteiger charge is -2.38. The summed E-state index contributed by atoms with van der Waals surface area (Å²) in [5.41, 5.74) is 0. The zero-order chi connectivity index (χ0) is 41.1. The fraction of sp³-hybridized carbons (Fsp3) is 0.933. The van der Waals surface area contributed by atoms with Gasteiger partial charge in [-0.2, -0.15) is 0 Å². The normalized spacial score (nSPS) is 20.2. The van der Waals surface area contributed by atoms with Gasteiger partial charge in [0.1, 0.15) is 24.9 Å². The standard InChI is InChI=1S/C45H84O11/c1-3-5-7-9-11-13-15-17-18-19-20-22-23-25-27-29-31-33-38(46)53-35-37(36-54-45-42(50)40(48)41(49)43(56-45)44(51)52)55-39(47)34-32-30-28-26-24-21-16-14-12-10-8-6-4-2/h37,40-43,45,48-50H,3-36H2,1-2H3,(H,51,52). The minimum atomic E-state index is -1.85. The maximum absolute atomic E-state index is 12.7. The number of aliphatic hydroxyl groups excluding tert-OH is 3. The van der Waals surface area contributed by atoms with Crippen molar-refractivity contribution in [1.82, 2.24) is 0 Å². The second-order valence-corrected chi connectivity index (χ2v) is 16.3. The quantitative estimate of drug-likeness (QED) is 0.0345. The Hall–Kier alpha value is -1.79. The van der Waals surface area contributed by atoms with E-state index in [0.29, 0.717) is 12.8 Å². The summed E-state index contributed by atoms with van der Waals surface area (Å²) >= 11 is 0. The van der Waals surface area contributed by atoms with E-state index in [0.717, 1.165) is 38.5 Å². The van der Waals surface area contributed by atoms with E-state index in [1.807, 2.05) is 0 Å². The first-order valence-electron chi connectivity index (χ1n) is 23.1. The van der Waals surface area contributed by atoms with E-state index in [2.05, 4.69) is 13.8 Å². The molecular weight excluding hydrogens is 716 g/mol. The van der Waals surface area contributed by atoms with Crippen molar-refractivity contribution in [2.24, 2.45) is 0 Å². The predicted octanol–water partition coefficient (Wildman–Crippen LogP) is 9.87. The summed E-state index contributed by atoms with van der Waals surface area (Å²) in [7, 11) is 0. The van der Waals surface area contributed by atoms with Crippen molar-refractivity contribution in [2.45, 2.75) is 256 Å². The van der Waals surface area contributed by atoms with Gasteiger partial charge in [0.05, 0.1) is 6.61 Å². The highest BCUT2D eigenvalue weighted by Crippen LogP contribution is 2.23. The second-order valence-electron chi connectivity index (χ2n) is 16.3. The van der Waals surface area contributed by atoms with Crippen LogP contribution in [-0.2, 0) is 33.3 Å². The van der Waals surface area contributed by atoms with Gasteiger partial charge in [-0.1, -0.05) is 194 Å². The number of carboxylic acids is 1. The number of unbranched alkanes of at least 4 members (excludes halogenated alkanes) is 28. The summed E-state index contributed by atoms with van der Waals surface area (Å²) < 4.78 is 21.7. The summed E-state index contributed by atoms with van der Waals surface area (Å²) in [5, 5.41) is 39.8. The van der Waals surface area contributed by atoms with Gasteiger partial charge in [-0.15, -0.1) is 0 Å². The highest BCUT2D eigenvalue weighted by molar-refractivity contribution is 5.73. The molecule has 4 N–H and O–H groups in total. The fourth-order valence-electron chi connectivity index (χ4n) is 7.29. The monoisotopic (exact) mass is 801 g/mol. The Labute approximate surface area is 340 Å². The van der Waals surface area contributed by atoms with Crippen LogP contribution in [0, 0.1) is 0 Å². The molecule has 0 amide bonds. The number of aliphatic hydroxyl groups is 3. The Bertz CT molecular complexity index is 947. The van der Waals surface area contributed by atoms with Crippen LogP contribution in [-0.4, -0.2) is 88.4 Å². The van der Waals surface area contributed by atoms with E-state index >= 15 is 0 Å². The number of carboxylic acid groups (broad SMARTS) is 1. The van der Waals surface area contributed by atoms with E-state index in [-0.39, 0.29) is 26.1 Å². The van der Waals surface area contributed by atoms with Crippen LogP contribution in [0.2, 0.25) is 0 Å². The van der Waals surface area contributed by atoms with E-state index in [1.54, 1.807) is 0 Å². The molecular formula is C45H84O11. The van der Waals surface area contributed by atoms with Crippen LogP contribution in [0.4, 0.5) is 0 Å². The Kier molecular flexibility index (Phi) is 33.9. The Morgan fingerprint density at radius 2 is 0.839 bits per heavy atom. The van der Waals surface area contributed by atoms with Crippen molar-refractivity contribution >= 4 is 17.9 Å². The van der Waals surface area contributed by atoms with Gasteiger partial charge in [0.25, 0.3) is 0 Å². The van der Waals surface area contributed by atoms with E-state index in [1.165, 1.54) is 141 Å². The number of carbonyl (C=O) groups is 3. The highest BCUT2D eigenvalue weighted by atomic mass is 16.7. The molecule has 0 saturated carbocycles. The van der Waals surface area contributed by atoms with E-state index in [4.69, 9.17) is 18.9 Å². The zero-order valence-electron chi connectivity index (χ0n) is 35.7. The first-order valence-corrected chi connectivity index (χ1v) is 23.1. The van der Waals surface area contributed by atoms with Crippen molar-refractivity contribution in [3.05, 3.63) is 0 Å². The SMILES string of the molecule is CCCCCCCCCCCCCCCCCCCC(=O)OCC(COC1OC(C(=O)O)C(O)C(O)C1O)OC(=O)CCCCCCCCCCCCCCC. The summed E-state index contributed by atoms with van der Waals surface area (Å²) in [6.45, 7) is 3.84. The van der Waals surface area contributed by atoms with Crippen LogP contribution < -0.4 is 0 Å². The fourth-order valence-corrected chi connectivity index (χ4v) is 7.29. The van der Waals surface area contributed by atoms with E-state index in [9.17, 15) is 34.8 Å². The Balaban J connectivity index is 2.33. The molecule has 1 rings (SSSR count). The first-order chi connectivity index (χ1) is 27.2. The van der Waals surface area contributed by atoms with Crippen LogP contribution in [0.5, 0.6) is 0 Å². The minimum absolute atomic E-state index is 0.190. The molecule has 6 atom stereocenters. The van der Waals surface area contributed by atoms with E-state index < -0.39 is 54.7 Å². The number of aliphatic carboxylic acids is 1. The number of esters is 2. The molecule has 1 saturated heterocycles. The topological polar surface area (TPSA) is 169 Å². The lowest BCUT2D eigenvalue weighted by atomic mass is 9.99.